The molecule has 0 fully saturated rings. The quantitative estimate of drug-likeness (QED) is 0.650. The highest BCUT2D eigenvalue weighted by Crippen LogP contribution is 2.33. The average Bonchev–Trinajstić information content (AvgIpc) is 2.62. The topological polar surface area (TPSA) is 69.9 Å². The summed E-state index contributed by atoms with van der Waals surface area (Å²) in [6.45, 7) is -0.0927. The molecule has 4 nitrogen and oxygen atoms in total. The minimum absolute atomic E-state index is 0.0927. The summed E-state index contributed by atoms with van der Waals surface area (Å²) in [6.07, 6.45) is -1.22. The first kappa shape index (κ1) is 16.3. The molecule has 0 aliphatic heterocycles. The number of rotatable bonds is 6. The van der Waals surface area contributed by atoms with Gasteiger partial charge in [0, 0.05) is 18.4 Å². The van der Waals surface area contributed by atoms with E-state index in [0.717, 1.165) is 5.39 Å². The van der Waals surface area contributed by atoms with Crippen LogP contribution in [0, 0.1) is 0 Å². The molecule has 0 aliphatic carbocycles. The Balaban J connectivity index is 1.96. The highest BCUT2D eigenvalue weighted by molar-refractivity contribution is 5.91. The van der Waals surface area contributed by atoms with Gasteiger partial charge in [-0.1, -0.05) is 48.5 Å². The number of hydrogen-bond acceptors (Lipinski definition) is 4. The molecule has 3 aromatic rings. The third kappa shape index (κ3) is 3.35. The van der Waals surface area contributed by atoms with Gasteiger partial charge in [-0.3, -0.25) is 0 Å². The van der Waals surface area contributed by atoms with E-state index in [4.69, 9.17) is 4.74 Å². The Morgan fingerprint density at radius 3 is 2.21 bits per heavy atom. The average molecular weight is 324 g/mol. The van der Waals surface area contributed by atoms with Crippen LogP contribution in [0.5, 0.6) is 11.5 Å². The van der Waals surface area contributed by atoms with Crippen molar-refractivity contribution in [3.05, 3.63) is 72.3 Å². The monoisotopic (exact) mass is 324 g/mol. The molecule has 3 rings (SSSR count). The summed E-state index contributed by atoms with van der Waals surface area (Å²) in [5.74, 6) is 0.808. The third-order valence-corrected chi connectivity index (χ3v) is 4.05. The number of phenolic OH excluding ortho intramolecular Hbond substituents is 1. The Morgan fingerprint density at radius 1 is 0.833 bits per heavy atom. The molecule has 3 aromatic carbocycles. The van der Waals surface area contributed by atoms with Crippen LogP contribution < -0.4 is 4.74 Å². The number of aliphatic hydroxyl groups excluding tert-OH is 2. The van der Waals surface area contributed by atoms with Crippen LogP contribution in [0.3, 0.4) is 0 Å². The van der Waals surface area contributed by atoms with Crippen LogP contribution in [0.2, 0.25) is 0 Å². The molecule has 0 aromatic heterocycles. The lowest BCUT2D eigenvalue weighted by Gasteiger charge is -2.25. The molecule has 24 heavy (non-hydrogen) atoms. The van der Waals surface area contributed by atoms with E-state index in [0.29, 0.717) is 23.1 Å². The van der Waals surface area contributed by atoms with Crippen molar-refractivity contribution in [3.63, 3.8) is 0 Å². The van der Waals surface area contributed by atoms with Crippen molar-refractivity contribution < 1.29 is 20.1 Å². The van der Waals surface area contributed by atoms with Crippen molar-refractivity contribution in [1.29, 1.82) is 0 Å². The third-order valence-electron chi connectivity index (χ3n) is 4.05. The minimum Gasteiger partial charge on any atom is -0.507 e. The first-order valence-electron chi connectivity index (χ1n) is 7.92. The van der Waals surface area contributed by atoms with Crippen LogP contribution in [-0.4, -0.2) is 28.0 Å². The van der Waals surface area contributed by atoms with Crippen LogP contribution >= 0.6 is 0 Å². The fraction of sp³-hybridized carbons (Fsp3) is 0.200. The van der Waals surface area contributed by atoms with Gasteiger partial charge in [0.25, 0.3) is 0 Å². The Labute approximate surface area is 140 Å². The maximum absolute atomic E-state index is 10.8. The maximum atomic E-state index is 10.8. The van der Waals surface area contributed by atoms with E-state index in [-0.39, 0.29) is 12.4 Å². The number of ether oxygens (including phenoxy) is 1. The van der Waals surface area contributed by atoms with Gasteiger partial charge in [0.2, 0.25) is 0 Å². The summed E-state index contributed by atoms with van der Waals surface area (Å²) in [5, 5.41) is 31.6. The fourth-order valence-corrected chi connectivity index (χ4v) is 2.85. The summed E-state index contributed by atoms with van der Waals surface area (Å²) < 4.78 is 5.88. The van der Waals surface area contributed by atoms with Crippen molar-refractivity contribution >= 4 is 10.8 Å². The summed E-state index contributed by atoms with van der Waals surface area (Å²) in [5.41, 5.74) is 0.665. The first-order chi connectivity index (χ1) is 11.7. The number of para-hydroxylation sites is 1. The molecule has 3 N–H and O–H groups in total. The molecule has 0 aliphatic rings. The lowest BCUT2D eigenvalue weighted by Crippen LogP contribution is -2.26. The molecule has 0 unspecified atom stereocenters. The van der Waals surface area contributed by atoms with Gasteiger partial charge in [-0.25, -0.2) is 0 Å². The lowest BCUT2D eigenvalue weighted by molar-refractivity contribution is 0.0213. The van der Waals surface area contributed by atoms with E-state index in [1.54, 1.807) is 18.2 Å². The summed E-state index contributed by atoms with van der Waals surface area (Å²) in [7, 11) is 0. The van der Waals surface area contributed by atoms with Gasteiger partial charge in [-0.15, -0.1) is 0 Å². The van der Waals surface area contributed by atoms with E-state index in [9.17, 15) is 15.3 Å². The molecular formula is C20H20O4. The smallest absolute Gasteiger partial charge is 0.131 e. The second-order valence-corrected chi connectivity index (χ2v) is 5.65. The van der Waals surface area contributed by atoms with Crippen LogP contribution in [0.25, 0.3) is 10.8 Å². The van der Waals surface area contributed by atoms with Crippen LogP contribution in [0.15, 0.2) is 66.7 Å². The first-order valence-corrected chi connectivity index (χ1v) is 7.92. The van der Waals surface area contributed by atoms with Gasteiger partial charge >= 0.3 is 0 Å². The van der Waals surface area contributed by atoms with Crippen LogP contribution in [-0.2, 0) is 0 Å². The van der Waals surface area contributed by atoms with Crippen LogP contribution in [0.1, 0.15) is 18.1 Å². The molecule has 2 atom stereocenters. The van der Waals surface area contributed by atoms with Gasteiger partial charge in [0.1, 0.15) is 23.7 Å². The second kappa shape index (κ2) is 7.34. The summed E-state index contributed by atoms with van der Waals surface area (Å²) >= 11 is 0. The number of hydrogen-bond donors (Lipinski definition) is 3. The van der Waals surface area contributed by atoms with Crippen LogP contribution in [0.4, 0.5) is 0 Å². The van der Waals surface area contributed by atoms with E-state index < -0.39 is 12.2 Å². The predicted molar refractivity (Wildman–Crippen MR) is 93.1 cm³/mol. The highest BCUT2D eigenvalue weighted by Gasteiger charge is 2.24. The molecule has 124 valence electrons. The van der Waals surface area contributed by atoms with Gasteiger partial charge < -0.3 is 20.1 Å². The number of aliphatic hydroxyl groups is 2. The molecule has 0 amide bonds. The molecule has 0 radical (unpaired) electrons. The van der Waals surface area contributed by atoms with Gasteiger partial charge in [0.05, 0.1) is 0 Å². The van der Waals surface area contributed by atoms with E-state index in [1.165, 1.54) is 0 Å². The van der Waals surface area contributed by atoms with Crippen molar-refractivity contribution in [3.8, 4) is 11.5 Å². The Bertz CT molecular complexity index is 801. The lowest BCUT2D eigenvalue weighted by atomic mass is 9.95. The number of fused-ring (bicyclic) bond motifs is 1. The Kier molecular flexibility index (Phi) is 4.99. The number of phenols is 1. The highest BCUT2D eigenvalue weighted by atomic mass is 16.5. The molecule has 0 spiro atoms. The van der Waals surface area contributed by atoms with Gasteiger partial charge in [-0.05, 0) is 29.1 Å². The molecular weight excluding hydrogens is 304 g/mol. The number of aromatic hydroxyl groups is 1. The fourth-order valence-electron chi connectivity index (χ4n) is 2.85. The van der Waals surface area contributed by atoms with E-state index in [1.807, 2.05) is 48.5 Å². The molecule has 0 heterocycles. The van der Waals surface area contributed by atoms with Crippen molar-refractivity contribution in [1.82, 2.24) is 0 Å². The van der Waals surface area contributed by atoms with Crippen molar-refractivity contribution in [2.75, 3.05) is 6.61 Å². The number of benzene rings is 3. The largest absolute Gasteiger partial charge is 0.507 e. The Morgan fingerprint density at radius 2 is 1.50 bits per heavy atom. The molecule has 0 saturated carbocycles. The molecule has 4 heteroatoms. The standard InChI is InChI=1S/C20H20O4/c21-13-12-19(24-14-6-2-1-3-7-14)20(23)17-10-11-18(22)16-9-5-4-8-15(16)17/h1-11,19-23H,12-13H2/t19-,20-/m1/s1. The predicted octanol–water partition coefficient (Wildman–Crippen LogP) is 3.41. The minimum atomic E-state index is -0.928. The zero-order valence-corrected chi connectivity index (χ0v) is 13.2. The SMILES string of the molecule is OCC[C@@H](Oc1ccccc1)[C@H](O)c1ccc(O)c2ccccc12. The Hall–Kier alpha value is -2.56. The van der Waals surface area contributed by atoms with E-state index in [2.05, 4.69) is 0 Å². The normalized spacial score (nSPS) is 13.6. The van der Waals surface area contributed by atoms with E-state index >= 15 is 0 Å². The maximum Gasteiger partial charge on any atom is 0.131 e. The van der Waals surface area contributed by atoms with Gasteiger partial charge in [-0.2, -0.15) is 0 Å². The zero-order chi connectivity index (χ0) is 16.9. The summed E-state index contributed by atoms with van der Waals surface area (Å²) in [6, 6.07) is 19.8. The zero-order valence-electron chi connectivity index (χ0n) is 13.2. The van der Waals surface area contributed by atoms with Gasteiger partial charge in [0.15, 0.2) is 0 Å². The van der Waals surface area contributed by atoms with Crippen molar-refractivity contribution in [2.45, 2.75) is 18.6 Å². The van der Waals surface area contributed by atoms with Crippen molar-refractivity contribution in [2.24, 2.45) is 0 Å². The second-order valence-electron chi connectivity index (χ2n) is 5.65. The molecule has 0 saturated heterocycles. The summed E-state index contributed by atoms with van der Waals surface area (Å²) in [4.78, 5) is 0. The molecule has 0 bridgehead atoms.